The highest BCUT2D eigenvalue weighted by molar-refractivity contribution is 6.35. The molecular weight excluding hydrogens is 320 g/mol. The first-order chi connectivity index (χ1) is 11.1. The SMILES string of the molecule is COc1ccccc1Nc1nc2ccc(CC(=O)O)c(Cl)c2o1. The number of nitrogens with zero attached hydrogens (tertiary/aromatic N) is 1. The molecule has 6 nitrogen and oxygen atoms in total. The average Bonchev–Trinajstić information content (AvgIpc) is 2.94. The van der Waals surface area contributed by atoms with E-state index >= 15 is 0 Å². The van der Waals surface area contributed by atoms with Crippen LogP contribution in [0.15, 0.2) is 40.8 Å². The van der Waals surface area contributed by atoms with Crippen LogP contribution in [-0.4, -0.2) is 23.2 Å². The van der Waals surface area contributed by atoms with Crippen LogP contribution in [0.3, 0.4) is 0 Å². The first kappa shape index (κ1) is 15.2. The maximum atomic E-state index is 10.8. The normalized spacial score (nSPS) is 10.7. The summed E-state index contributed by atoms with van der Waals surface area (Å²) in [6.07, 6.45) is -0.176. The van der Waals surface area contributed by atoms with E-state index in [2.05, 4.69) is 10.3 Å². The Kier molecular flexibility index (Phi) is 4.08. The molecule has 3 rings (SSSR count). The van der Waals surface area contributed by atoms with Crippen molar-refractivity contribution in [1.82, 2.24) is 4.98 Å². The quantitative estimate of drug-likeness (QED) is 0.738. The molecule has 3 aromatic rings. The van der Waals surface area contributed by atoms with E-state index in [1.165, 1.54) is 0 Å². The van der Waals surface area contributed by atoms with Crippen LogP contribution in [0.1, 0.15) is 5.56 Å². The Morgan fingerprint density at radius 2 is 2.13 bits per heavy atom. The molecule has 0 aliphatic rings. The van der Waals surface area contributed by atoms with Gasteiger partial charge in [0.1, 0.15) is 11.3 Å². The van der Waals surface area contributed by atoms with E-state index in [0.29, 0.717) is 28.1 Å². The third kappa shape index (κ3) is 3.07. The van der Waals surface area contributed by atoms with E-state index in [9.17, 15) is 4.79 Å². The molecule has 2 aromatic carbocycles. The highest BCUT2D eigenvalue weighted by Gasteiger charge is 2.15. The van der Waals surface area contributed by atoms with Crippen LogP contribution in [0.4, 0.5) is 11.7 Å². The second-order valence-electron chi connectivity index (χ2n) is 4.80. The Balaban J connectivity index is 1.97. The van der Waals surface area contributed by atoms with Crippen molar-refractivity contribution in [3.8, 4) is 5.75 Å². The predicted octanol–water partition coefficient (Wildman–Crippen LogP) is 3.86. The Morgan fingerprint density at radius 3 is 2.87 bits per heavy atom. The number of anilines is 2. The van der Waals surface area contributed by atoms with E-state index in [4.69, 9.17) is 25.9 Å². The topological polar surface area (TPSA) is 84.6 Å². The number of nitrogens with one attached hydrogen (secondary N) is 1. The van der Waals surface area contributed by atoms with Crippen molar-refractivity contribution in [1.29, 1.82) is 0 Å². The molecule has 0 aliphatic carbocycles. The van der Waals surface area contributed by atoms with Gasteiger partial charge in [-0.2, -0.15) is 4.98 Å². The number of fused-ring (bicyclic) bond motifs is 1. The van der Waals surface area contributed by atoms with Gasteiger partial charge in [0, 0.05) is 0 Å². The number of hydrogen-bond acceptors (Lipinski definition) is 5. The van der Waals surface area contributed by atoms with Crippen molar-refractivity contribution in [2.45, 2.75) is 6.42 Å². The molecule has 0 aliphatic heterocycles. The molecule has 0 radical (unpaired) electrons. The van der Waals surface area contributed by atoms with Crippen molar-refractivity contribution < 1.29 is 19.1 Å². The van der Waals surface area contributed by atoms with Crippen molar-refractivity contribution in [3.05, 3.63) is 47.0 Å². The van der Waals surface area contributed by atoms with Gasteiger partial charge in [0.05, 0.1) is 24.2 Å². The molecule has 0 saturated carbocycles. The molecular formula is C16H13ClN2O4. The van der Waals surface area contributed by atoms with Gasteiger partial charge in [-0.25, -0.2) is 0 Å². The summed E-state index contributed by atoms with van der Waals surface area (Å²) in [5.74, 6) is -0.314. The smallest absolute Gasteiger partial charge is 0.307 e. The first-order valence-corrected chi connectivity index (χ1v) is 7.16. The van der Waals surface area contributed by atoms with E-state index in [1.54, 1.807) is 19.2 Å². The average molecular weight is 333 g/mol. The van der Waals surface area contributed by atoms with Gasteiger partial charge >= 0.3 is 5.97 Å². The molecule has 118 valence electrons. The third-order valence-corrected chi connectivity index (χ3v) is 3.68. The van der Waals surface area contributed by atoms with Crippen molar-refractivity contribution in [2.24, 2.45) is 0 Å². The molecule has 1 heterocycles. The molecule has 1 aromatic heterocycles. The summed E-state index contributed by atoms with van der Waals surface area (Å²) in [6.45, 7) is 0. The number of rotatable bonds is 5. The van der Waals surface area contributed by atoms with Crippen LogP contribution in [-0.2, 0) is 11.2 Å². The number of oxazole rings is 1. The standard InChI is InChI=1S/C16H13ClN2O4/c1-22-12-5-3-2-4-10(12)18-16-19-11-7-6-9(8-13(20)21)14(17)15(11)23-16/h2-7H,8H2,1H3,(H,18,19)(H,20,21). The maximum Gasteiger partial charge on any atom is 0.307 e. The molecule has 2 N–H and O–H groups in total. The summed E-state index contributed by atoms with van der Waals surface area (Å²) in [4.78, 5) is 15.1. The van der Waals surface area contributed by atoms with Crippen LogP contribution in [0.25, 0.3) is 11.1 Å². The summed E-state index contributed by atoms with van der Waals surface area (Å²) in [6, 6.07) is 10.9. The van der Waals surface area contributed by atoms with Crippen molar-refractivity contribution in [2.75, 3.05) is 12.4 Å². The van der Waals surface area contributed by atoms with Gasteiger partial charge in [-0.15, -0.1) is 0 Å². The minimum atomic E-state index is -0.960. The lowest BCUT2D eigenvalue weighted by Gasteiger charge is -2.07. The highest BCUT2D eigenvalue weighted by atomic mass is 35.5. The van der Waals surface area contributed by atoms with Gasteiger partial charge in [-0.3, -0.25) is 4.79 Å². The van der Waals surface area contributed by atoms with Crippen LogP contribution in [0, 0.1) is 0 Å². The zero-order valence-electron chi connectivity index (χ0n) is 12.2. The summed E-state index contributed by atoms with van der Waals surface area (Å²) in [7, 11) is 1.57. The molecule has 0 amide bonds. The Labute approximate surface area is 136 Å². The van der Waals surface area contributed by atoms with Crippen LogP contribution < -0.4 is 10.1 Å². The van der Waals surface area contributed by atoms with Gasteiger partial charge in [0.2, 0.25) is 0 Å². The minimum Gasteiger partial charge on any atom is -0.495 e. The number of aliphatic carboxylic acids is 1. The number of halogens is 1. The second-order valence-corrected chi connectivity index (χ2v) is 5.18. The highest BCUT2D eigenvalue weighted by Crippen LogP contribution is 2.32. The maximum absolute atomic E-state index is 10.8. The Hall–Kier alpha value is -2.73. The largest absolute Gasteiger partial charge is 0.495 e. The van der Waals surface area contributed by atoms with Crippen LogP contribution in [0.5, 0.6) is 5.75 Å². The van der Waals surface area contributed by atoms with Gasteiger partial charge < -0.3 is 19.6 Å². The van der Waals surface area contributed by atoms with Gasteiger partial charge in [-0.05, 0) is 23.8 Å². The van der Waals surface area contributed by atoms with Crippen LogP contribution in [0.2, 0.25) is 5.02 Å². The summed E-state index contributed by atoms with van der Waals surface area (Å²) in [5, 5.41) is 12.2. The number of hydrogen-bond donors (Lipinski definition) is 2. The monoisotopic (exact) mass is 332 g/mol. The number of carboxylic acids is 1. The first-order valence-electron chi connectivity index (χ1n) is 6.78. The number of benzene rings is 2. The third-order valence-electron chi connectivity index (χ3n) is 3.27. The van der Waals surface area contributed by atoms with Gasteiger partial charge in [0.15, 0.2) is 5.58 Å². The molecule has 23 heavy (non-hydrogen) atoms. The molecule has 0 spiro atoms. The lowest BCUT2D eigenvalue weighted by atomic mass is 10.1. The van der Waals surface area contributed by atoms with Gasteiger partial charge in [0.25, 0.3) is 6.01 Å². The number of carbonyl (C=O) groups is 1. The zero-order chi connectivity index (χ0) is 16.4. The molecule has 0 bridgehead atoms. The van der Waals surface area contributed by atoms with Crippen LogP contribution >= 0.6 is 11.6 Å². The van der Waals surface area contributed by atoms with Gasteiger partial charge in [-0.1, -0.05) is 29.8 Å². The predicted molar refractivity (Wildman–Crippen MR) is 86.6 cm³/mol. The Bertz CT molecular complexity index is 876. The lowest BCUT2D eigenvalue weighted by molar-refractivity contribution is -0.136. The second kappa shape index (κ2) is 6.18. The zero-order valence-corrected chi connectivity index (χ0v) is 12.9. The number of methoxy groups -OCH3 is 1. The lowest BCUT2D eigenvalue weighted by Crippen LogP contribution is -2.00. The van der Waals surface area contributed by atoms with Crippen molar-refractivity contribution >= 4 is 40.4 Å². The fourth-order valence-electron chi connectivity index (χ4n) is 2.22. The molecule has 0 fully saturated rings. The molecule has 0 atom stereocenters. The van der Waals surface area contributed by atoms with E-state index in [-0.39, 0.29) is 17.5 Å². The number of ether oxygens (including phenoxy) is 1. The fraction of sp³-hybridized carbons (Fsp3) is 0.125. The molecule has 0 unspecified atom stereocenters. The summed E-state index contributed by atoms with van der Waals surface area (Å²) >= 11 is 6.21. The van der Waals surface area contributed by atoms with E-state index in [1.807, 2.05) is 24.3 Å². The van der Waals surface area contributed by atoms with Crippen molar-refractivity contribution in [3.63, 3.8) is 0 Å². The molecule has 0 saturated heterocycles. The summed E-state index contributed by atoms with van der Waals surface area (Å²) in [5.41, 5.74) is 2.07. The Morgan fingerprint density at radius 1 is 1.35 bits per heavy atom. The van der Waals surface area contributed by atoms with E-state index in [0.717, 1.165) is 0 Å². The minimum absolute atomic E-state index is 0.176. The molecule has 7 heteroatoms. The number of aromatic nitrogens is 1. The van der Waals surface area contributed by atoms with E-state index < -0.39 is 5.97 Å². The number of para-hydroxylation sites is 2. The summed E-state index contributed by atoms with van der Waals surface area (Å²) < 4.78 is 10.9. The fourth-order valence-corrected chi connectivity index (χ4v) is 2.48. The number of carboxylic acid groups (broad SMARTS) is 1.